The molecule has 0 heterocycles. The molecule has 0 spiro atoms. The average Bonchev–Trinajstić information content (AvgIpc) is 2.51. The number of nitrogens with zero attached hydrogens (tertiary/aromatic N) is 1. The number of thioether (sulfide) groups is 1. The lowest BCUT2D eigenvalue weighted by atomic mass is 10.1. The fraction of sp³-hybridized carbons (Fsp3) is 0.222. The molecule has 22 heavy (non-hydrogen) atoms. The summed E-state index contributed by atoms with van der Waals surface area (Å²) < 4.78 is 0. The molecular formula is C18H18N2OS. The maximum Gasteiger partial charge on any atom is 0.237 e. The first-order valence-corrected chi connectivity index (χ1v) is 7.96. The second-order valence-electron chi connectivity index (χ2n) is 5.09. The van der Waals surface area contributed by atoms with Crippen LogP contribution in [0.25, 0.3) is 0 Å². The lowest BCUT2D eigenvalue weighted by Gasteiger charge is -2.12. The summed E-state index contributed by atoms with van der Waals surface area (Å²) in [6.45, 7) is 3.93. The van der Waals surface area contributed by atoms with Crippen LogP contribution in [0.3, 0.4) is 0 Å². The largest absolute Gasteiger partial charge is 0.325 e. The third-order valence-electron chi connectivity index (χ3n) is 3.21. The number of hydrogen-bond acceptors (Lipinski definition) is 3. The zero-order valence-corrected chi connectivity index (χ0v) is 13.5. The van der Waals surface area contributed by atoms with E-state index in [4.69, 9.17) is 5.26 Å². The van der Waals surface area contributed by atoms with E-state index in [2.05, 4.69) is 11.4 Å². The van der Waals surface area contributed by atoms with Gasteiger partial charge in [0.2, 0.25) is 5.91 Å². The number of nitriles is 1. The minimum atomic E-state index is -0.179. The monoisotopic (exact) mass is 310 g/mol. The zero-order valence-electron chi connectivity index (χ0n) is 12.7. The Balaban J connectivity index is 1.93. The Morgan fingerprint density at radius 2 is 1.82 bits per heavy atom. The van der Waals surface area contributed by atoms with Gasteiger partial charge in [0.1, 0.15) is 0 Å². The van der Waals surface area contributed by atoms with Crippen LogP contribution >= 0.6 is 11.8 Å². The Morgan fingerprint density at radius 3 is 2.41 bits per heavy atom. The van der Waals surface area contributed by atoms with E-state index < -0.39 is 0 Å². The lowest BCUT2D eigenvalue weighted by Crippen LogP contribution is -2.22. The number of hydrogen-bond donors (Lipinski definition) is 1. The highest BCUT2D eigenvalue weighted by Gasteiger charge is 2.14. The molecule has 0 bridgehead atoms. The van der Waals surface area contributed by atoms with Crippen LogP contribution in [0.15, 0.2) is 53.4 Å². The van der Waals surface area contributed by atoms with Crippen LogP contribution < -0.4 is 5.32 Å². The van der Waals surface area contributed by atoms with Crippen LogP contribution in [0.2, 0.25) is 0 Å². The normalized spacial score (nSPS) is 11.5. The van der Waals surface area contributed by atoms with Crippen molar-refractivity contribution in [3.05, 3.63) is 59.7 Å². The highest BCUT2D eigenvalue weighted by atomic mass is 32.2. The third kappa shape index (κ3) is 4.64. The van der Waals surface area contributed by atoms with Gasteiger partial charge in [0.15, 0.2) is 0 Å². The number of anilines is 1. The minimum Gasteiger partial charge on any atom is -0.325 e. The first kappa shape index (κ1) is 16.1. The molecule has 1 N–H and O–H groups in total. The summed E-state index contributed by atoms with van der Waals surface area (Å²) in [4.78, 5) is 13.3. The van der Waals surface area contributed by atoms with Gasteiger partial charge in [0.05, 0.1) is 17.7 Å². The molecule has 0 aliphatic rings. The Bertz CT molecular complexity index is 672. The van der Waals surface area contributed by atoms with Gasteiger partial charge in [-0.05, 0) is 43.7 Å². The van der Waals surface area contributed by atoms with Crippen molar-refractivity contribution in [2.24, 2.45) is 0 Å². The van der Waals surface area contributed by atoms with Gasteiger partial charge in [-0.3, -0.25) is 4.79 Å². The van der Waals surface area contributed by atoms with E-state index in [1.807, 2.05) is 62.4 Å². The van der Waals surface area contributed by atoms with Crippen molar-refractivity contribution in [1.29, 1.82) is 5.26 Å². The van der Waals surface area contributed by atoms with Crippen molar-refractivity contribution in [3.63, 3.8) is 0 Å². The summed E-state index contributed by atoms with van der Waals surface area (Å²) in [5.41, 5.74) is 2.91. The van der Waals surface area contributed by atoms with Gasteiger partial charge in [0.25, 0.3) is 0 Å². The van der Waals surface area contributed by atoms with Crippen molar-refractivity contribution < 1.29 is 4.79 Å². The number of benzene rings is 2. The third-order valence-corrected chi connectivity index (χ3v) is 4.32. The second kappa shape index (κ2) is 7.67. The van der Waals surface area contributed by atoms with Crippen LogP contribution in [-0.4, -0.2) is 11.2 Å². The van der Waals surface area contributed by atoms with E-state index in [9.17, 15) is 4.79 Å². The smallest absolute Gasteiger partial charge is 0.237 e. The SMILES string of the molecule is Cc1ccc(S[C@H](C)C(=O)Nc2ccc(CC#N)cc2)cc1. The van der Waals surface area contributed by atoms with E-state index in [-0.39, 0.29) is 11.2 Å². The molecule has 4 heteroatoms. The molecule has 0 aliphatic heterocycles. The number of carbonyl (C=O) groups is 1. The van der Waals surface area contributed by atoms with E-state index in [0.29, 0.717) is 6.42 Å². The van der Waals surface area contributed by atoms with Crippen molar-refractivity contribution >= 4 is 23.4 Å². The van der Waals surface area contributed by atoms with Crippen molar-refractivity contribution in [3.8, 4) is 6.07 Å². The van der Waals surface area contributed by atoms with E-state index in [0.717, 1.165) is 16.1 Å². The Morgan fingerprint density at radius 1 is 1.18 bits per heavy atom. The number of nitrogens with one attached hydrogen (secondary N) is 1. The topological polar surface area (TPSA) is 52.9 Å². The Labute approximate surface area is 135 Å². The predicted molar refractivity (Wildman–Crippen MR) is 90.9 cm³/mol. The molecule has 3 nitrogen and oxygen atoms in total. The van der Waals surface area contributed by atoms with E-state index in [1.165, 1.54) is 17.3 Å². The summed E-state index contributed by atoms with van der Waals surface area (Å²) >= 11 is 1.54. The summed E-state index contributed by atoms with van der Waals surface area (Å²) in [5.74, 6) is -0.0291. The van der Waals surface area contributed by atoms with Gasteiger partial charge in [-0.15, -0.1) is 11.8 Å². The number of rotatable bonds is 5. The van der Waals surface area contributed by atoms with Crippen LogP contribution in [0, 0.1) is 18.3 Å². The molecule has 0 saturated heterocycles. The standard InChI is InChI=1S/C18H18N2OS/c1-13-3-9-17(10-4-13)22-14(2)18(21)20-16-7-5-15(6-8-16)11-12-19/h3-10,14H,11H2,1-2H3,(H,20,21)/t14-/m1/s1. The maximum absolute atomic E-state index is 12.2. The molecule has 0 saturated carbocycles. The van der Waals surface area contributed by atoms with Crippen molar-refractivity contribution in [2.45, 2.75) is 30.4 Å². The second-order valence-corrected chi connectivity index (χ2v) is 6.51. The molecule has 0 unspecified atom stereocenters. The predicted octanol–water partition coefficient (Wildman–Crippen LogP) is 4.18. The fourth-order valence-electron chi connectivity index (χ4n) is 1.92. The van der Waals surface area contributed by atoms with Gasteiger partial charge in [-0.2, -0.15) is 5.26 Å². The quantitative estimate of drug-likeness (QED) is 0.843. The number of aryl methyl sites for hydroxylation is 1. The van der Waals surface area contributed by atoms with Gasteiger partial charge in [-0.1, -0.05) is 29.8 Å². The van der Waals surface area contributed by atoms with Gasteiger partial charge < -0.3 is 5.32 Å². The molecule has 1 atom stereocenters. The van der Waals surface area contributed by atoms with Crippen molar-refractivity contribution in [1.82, 2.24) is 0 Å². The average molecular weight is 310 g/mol. The summed E-state index contributed by atoms with van der Waals surface area (Å²) in [6.07, 6.45) is 0.383. The maximum atomic E-state index is 12.2. The van der Waals surface area contributed by atoms with Gasteiger partial charge in [-0.25, -0.2) is 0 Å². The molecule has 2 aromatic rings. The molecule has 0 radical (unpaired) electrons. The number of carbonyl (C=O) groups excluding carboxylic acids is 1. The van der Waals surface area contributed by atoms with Crippen LogP contribution in [0.1, 0.15) is 18.1 Å². The summed E-state index contributed by atoms with van der Waals surface area (Å²) in [6, 6.07) is 17.6. The molecule has 0 aliphatic carbocycles. The van der Waals surface area contributed by atoms with Crippen LogP contribution in [-0.2, 0) is 11.2 Å². The molecule has 1 amide bonds. The highest BCUT2D eigenvalue weighted by Crippen LogP contribution is 2.24. The first-order valence-electron chi connectivity index (χ1n) is 7.08. The Hall–Kier alpha value is -2.25. The molecule has 2 rings (SSSR count). The van der Waals surface area contributed by atoms with E-state index in [1.54, 1.807) is 0 Å². The van der Waals surface area contributed by atoms with Gasteiger partial charge in [0, 0.05) is 10.6 Å². The molecule has 0 aromatic heterocycles. The summed E-state index contributed by atoms with van der Waals surface area (Å²) in [7, 11) is 0. The minimum absolute atomic E-state index is 0.0291. The fourth-order valence-corrected chi connectivity index (χ4v) is 2.78. The Kier molecular flexibility index (Phi) is 5.62. The first-order chi connectivity index (χ1) is 10.6. The van der Waals surface area contributed by atoms with E-state index >= 15 is 0 Å². The molecule has 112 valence electrons. The highest BCUT2D eigenvalue weighted by molar-refractivity contribution is 8.00. The summed E-state index contributed by atoms with van der Waals surface area (Å²) in [5, 5.41) is 11.4. The molecule has 0 fully saturated rings. The lowest BCUT2D eigenvalue weighted by molar-refractivity contribution is -0.115. The van der Waals surface area contributed by atoms with Crippen LogP contribution in [0.4, 0.5) is 5.69 Å². The number of amides is 1. The van der Waals surface area contributed by atoms with Crippen molar-refractivity contribution in [2.75, 3.05) is 5.32 Å². The van der Waals surface area contributed by atoms with Gasteiger partial charge >= 0.3 is 0 Å². The zero-order chi connectivity index (χ0) is 15.9. The molecule has 2 aromatic carbocycles. The molecular weight excluding hydrogens is 292 g/mol. The van der Waals surface area contributed by atoms with Crippen LogP contribution in [0.5, 0.6) is 0 Å².